The van der Waals surface area contributed by atoms with Gasteiger partial charge in [-0.3, -0.25) is 0 Å². The second-order valence-electron chi connectivity index (χ2n) is 5.98. The van der Waals surface area contributed by atoms with E-state index in [4.69, 9.17) is 9.72 Å². The van der Waals surface area contributed by atoms with Crippen LogP contribution in [0.4, 0.5) is 5.95 Å². The van der Waals surface area contributed by atoms with Gasteiger partial charge in [0.05, 0.1) is 5.69 Å². The molecule has 0 radical (unpaired) electrons. The maximum absolute atomic E-state index is 6.08. The Morgan fingerprint density at radius 3 is 2.85 bits per heavy atom. The van der Waals surface area contributed by atoms with Crippen molar-refractivity contribution in [2.45, 2.75) is 38.3 Å². The van der Waals surface area contributed by atoms with E-state index in [0.717, 1.165) is 28.5 Å². The van der Waals surface area contributed by atoms with Crippen molar-refractivity contribution in [1.29, 1.82) is 0 Å². The van der Waals surface area contributed by atoms with E-state index in [1.54, 1.807) is 0 Å². The standard InChI is InChI=1S/C16H17N3O/c1-16(2)12-9-17-15(18-10-7-8-10)19-14(12)11-5-3-4-6-13(11)20-16/h3-6,9-10H,7-8H2,1-2H3,(H,17,18,19). The molecule has 0 spiro atoms. The van der Waals surface area contributed by atoms with E-state index in [1.807, 2.05) is 24.4 Å². The van der Waals surface area contributed by atoms with Crippen molar-refractivity contribution in [3.05, 3.63) is 36.0 Å². The smallest absolute Gasteiger partial charge is 0.223 e. The van der Waals surface area contributed by atoms with E-state index >= 15 is 0 Å². The molecule has 4 nitrogen and oxygen atoms in total. The molecule has 0 unspecified atom stereocenters. The van der Waals surface area contributed by atoms with Crippen LogP contribution in [0, 0.1) is 0 Å². The third kappa shape index (κ3) is 1.83. The van der Waals surface area contributed by atoms with Gasteiger partial charge in [-0.1, -0.05) is 12.1 Å². The monoisotopic (exact) mass is 267 g/mol. The van der Waals surface area contributed by atoms with Crippen molar-refractivity contribution in [2.24, 2.45) is 0 Å². The third-order valence-corrected chi connectivity index (χ3v) is 3.86. The van der Waals surface area contributed by atoms with Gasteiger partial charge < -0.3 is 10.1 Å². The molecule has 1 aromatic carbocycles. The van der Waals surface area contributed by atoms with Gasteiger partial charge in [0.25, 0.3) is 0 Å². The Balaban J connectivity index is 1.86. The van der Waals surface area contributed by atoms with Crippen molar-refractivity contribution < 1.29 is 4.74 Å². The number of nitrogens with zero attached hydrogens (tertiary/aromatic N) is 2. The average Bonchev–Trinajstić information content (AvgIpc) is 3.22. The summed E-state index contributed by atoms with van der Waals surface area (Å²) in [5, 5.41) is 3.36. The van der Waals surface area contributed by atoms with Gasteiger partial charge in [0.1, 0.15) is 11.4 Å². The predicted octanol–water partition coefficient (Wildman–Crippen LogP) is 3.35. The Hall–Kier alpha value is -2.10. The van der Waals surface area contributed by atoms with Crippen LogP contribution in [0.25, 0.3) is 11.3 Å². The molecule has 4 rings (SSSR count). The van der Waals surface area contributed by atoms with Crippen LogP contribution >= 0.6 is 0 Å². The van der Waals surface area contributed by atoms with E-state index in [-0.39, 0.29) is 0 Å². The summed E-state index contributed by atoms with van der Waals surface area (Å²) in [6.07, 6.45) is 4.32. The molecular formula is C16H17N3O. The van der Waals surface area contributed by atoms with Gasteiger partial charge in [0.15, 0.2) is 0 Å². The number of benzene rings is 1. The van der Waals surface area contributed by atoms with E-state index in [1.165, 1.54) is 12.8 Å². The molecule has 4 heteroatoms. The maximum Gasteiger partial charge on any atom is 0.223 e. The summed E-state index contributed by atoms with van der Waals surface area (Å²) in [7, 11) is 0. The molecule has 1 N–H and O–H groups in total. The number of hydrogen-bond acceptors (Lipinski definition) is 4. The zero-order chi connectivity index (χ0) is 13.7. The Morgan fingerprint density at radius 2 is 2.05 bits per heavy atom. The molecule has 2 heterocycles. The number of aromatic nitrogens is 2. The quantitative estimate of drug-likeness (QED) is 0.906. The molecule has 1 aliphatic carbocycles. The molecule has 2 aromatic rings. The zero-order valence-electron chi connectivity index (χ0n) is 11.7. The number of rotatable bonds is 2. The van der Waals surface area contributed by atoms with Crippen LogP contribution in [0.3, 0.4) is 0 Å². The van der Waals surface area contributed by atoms with Crippen molar-refractivity contribution in [1.82, 2.24) is 9.97 Å². The number of hydrogen-bond donors (Lipinski definition) is 1. The van der Waals surface area contributed by atoms with Gasteiger partial charge >= 0.3 is 0 Å². The summed E-state index contributed by atoms with van der Waals surface area (Å²) < 4.78 is 6.08. The molecule has 1 saturated carbocycles. The van der Waals surface area contributed by atoms with E-state index in [2.05, 4.69) is 30.2 Å². The van der Waals surface area contributed by atoms with Gasteiger partial charge in [-0.25, -0.2) is 9.97 Å². The highest BCUT2D eigenvalue weighted by Gasteiger charge is 2.34. The highest BCUT2D eigenvalue weighted by atomic mass is 16.5. The van der Waals surface area contributed by atoms with Gasteiger partial charge in [-0.2, -0.15) is 0 Å². The van der Waals surface area contributed by atoms with Crippen LogP contribution in [0.2, 0.25) is 0 Å². The van der Waals surface area contributed by atoms with Crippen molar-refractivity contribution in [3.63, 3.8) is 0 Å². The molecule has 1 aromatic heterocycles. The van der Waals surface area contributed by atoms with Crippen LogP contribution < -0.4 is 10.1 Å². The van der Waals surface area contributed by atoms with Crippen molar-refractivity contribution >= 4 is 5.95 Å². The first-order chi connectivity index (χ1) is 9.63. The van der Waals surface area contributed by atoms with Gasteiger partial charge in [-0.15, -0.1) is 0 Å². The molecule has 1 aliphatic heterocycles. The highest BCUT2D eigenvalue weighted by molar-refractivity contribution is 5.73. The normalized spacial score (nSPS) is 18.7. The molecular weight excluding hydrogens is 250 g/mol. The summed E-state index contributed by atoms with van der Waals surface area (Å²) >= 11 is 0. The summed E-state index contributed by atoms with van der Waals surface area (Å²) in [6, 6.07) is 8.61. The fraction of sp³-hybridized carbons (Fsp3) is 0.375. The Labute approximate surface area is 118 Å². The van der Waals surface area contributed by atoms with Crippen LogP contribution in [-0.4, -0.2) is 16.0 Å². The Bertz CT molecular complexity index is 677. The van der Waals surface area contributed by atoms with Gasteiger partial charge in [-0.05, 0) is 38.8 Å². The SMILES string of the molecule is CC1(C)Oc2ccccc2-c2nc(NC3CC3)ncc21. The molecule has 2 aliphatic rings. The minimum atomic E-state index is -0.401. The minimum Gasteiger partial charge on any atom is -0.482 e. The van der Waals surface area contributed by atoms with E-state index in [9.17, 15) is 0 Å². The maximum atomic E-state index is 6.08. The summed E-state index contributed by atoms with van der Waals surface area (Å²) in [6.45, 7) is 4.11. The molecule has 0 bridgehead atoms. The van der Waals surface area contributed by atoms with E-state index in [0.29, 0.717) is 6.04 Å². The molecule has 1 fully saturated rings. The number of ether oxygens (including phenoxy) is 1. The number of para-hydroxylation sites is 1. The first-order valence-electron chi connectivity index (χ1n) is 7.06. The lowest BCUT2D eigenvalue weighted by molar-refractivity contribution is 0.105. The summed E-state index contributed by atoms with van der Waals surface area (Å²) in [5.74, 6) is 1.61. The first kappa shape index (κ1) is 11.7. The van der Waals surface area contributed by atoms with Crippen LogP contribution in [0.5, 0.6) is 5.75 Å². The van der Waals surface area contributed by atoms with Gasteiger partial charge in [0.2, 0.25) is 5.95 Å². The molecule has 0 amide bonds. The van der Waals surface area contributed by atoms with Crippen LogP contribution in [-0.2, 0) is 5.60 Å². The average molecular weight is 267 g/mol. The number of fused-ring (bicyclic) bond motifs is 3. The van der Waals surface area contributed by atoms with Crippen LogP contribution in [0.15, 0.2) is 30.5 Å². The highest BCUT2D eigenvalue weighted by Crippen LogP contribution is 2.43. The largest absolute Gasteiger partial charge is 0.482 e. The fourth-order valence-electron chi connectivity index (χ4n) is 2.59. The molecule has 0 saturated heterocycles. The third-order valence-electron chi connectivity index (χ3n) is 3.86. The first-order valence-corrected chi connectivity index (χ1v) is 7.06. The second-order valence-corrected chi connectivity index (χ2v) is 5.98. The molecule has 102 valence electrons. The molecule has 20 heavy (non-hydrogen) atoms. The minimum absolute atomic E-state index is 0.401. The Kier molecular flexibility index (Phi) is 2.31. The second kappa shape index (κ2) is 3.95. The lowest BCUT2D eigenvalue weighted by Gasteiger charge is -2.33. The van der Waals surface area contributed by atoms with E-state index < -0.39 is 5.60 Å². The van der Waals surface area contributed by atoms with Gasteiger partial charge in [0, 0.05) is 23.4 Å². The summed E-state index contributed by atoms with van der Waals surface area (Å²) in [5.41, 5.74) is 2.66. The zero-order valence-corrected chi connectivity index (χ0v) is 11.7. The number of nitrogens with one attached hydrogen (secondary N) is 1. The van der Waals surface area contributed by atoms with Crippen molar-refractivity contribution in [3.8, 4) is 17.0 Å². The molecule has 0 atom stereocenters. The Morgan fingerprint density at radius 1 is 1.25 bits per heavy atom. The summed E-state index contributed by atoms with van der Waals surface area (Å²) in [4.78, 5) is 9.17. The topological polar surface area (TPSA) is 47.0 Å². The van der Waals surface area contributed by atoms with Crippen LogP contribution in [0.1, 0.15) is 32.3 Å². The lowest BCUT2D eigenvalue weighted by atomic mass is 9.91. The predicted molar refractivity (Wildman–Crippen MR) is 77.8 cm³/mol. The van der Waals surface area contributed by atoms with Crippen molar-refractivity contribution in [2.75, 3.05) is 5.32 Å². The fourth-order valence-corrected chi connectivity index (χ4v) is 2.59. The number of anilines is 1. The lowest BCUT2D eigenvalue weighted by Crippen LogP contribution is -2.30.